The number of carbonyl (C=O) groups excluding carboxylic acids is 2. The molecule has 0 radical (unpaired) electrons. The van der Waals surface area contributed by atoms with Crippen molar-refractivity contribution in [3.05, 3.63) is 59.8 Å². The van der Waals surface area contributed by atoms with Crippen LogP contribution in [0.3, 0.4) is 0 Å². The van der Waals surface area contributed by atoms with E-state index in [9.17, 15) is 19.1 Å². The Hall–Kier alpha value is -3.72. The molecule has 0 bridgehead atoms. The highest BCUT2D eigenvalue weighted by Gasteiger charge is 2.42. The number of rotatable bonds is 2. The van der Waals surface area contributed by atoms with Gasteiger partial charge in [0.1, 0.15) is 23.1 Å². The van der Waals surface area contributed by atoms with Gasteiger partial charge in [0.15, 0.2) is 5.82 Å². The van der Waals surface area contributed by atoms with Crippen molar-refractivity contribution in [2.45, 2.75) is 6.04 Å². The third-order valence-electron chi connectivity index (χ3n) is 6.38. The Balaban J connectivity index is 1.72. The summed E-state index contributed by atoms with van der Waals surface area (Å²) in [6.07, 6.45) is 2.59. The van der Waals surface area contributed by atoms with Gasteiger partial charge in [-0.2, -0.15) is 0 Å². The minimum atomic E-state index is -0.887. The molecule has 2 aliphatic heterocycles. The summed E-state index contributed by atoms with van der Waals surface area (Å²) in [7, 11) is 1.59. The molecule has 2 aromatic carbocycles. The number of phenols is 1. The van der Waals surface area contributed by atoms with E-state index < -0.39 is 23.4 Å². The summed E-state index contributed by atoms with van der Waals surface area (Å²) >= 11 is 6.44. The Bertz CT molecular complexity index is 1380. The number of anilines is 2. The van der Waals surface area contributed by atoms with Gasteiger partial charge in [0, 0.05) is 31.1 Å². The number of fused-ring (bicyclic) bond motifs is 5. The summed E-state index contributed by atoms with van der Waals surface area (Å²) in [5, 5.41) is 10.4. The summed E-state index contributed by atoms with van der Waals surface area (Å²) in [6, 6.07) is 4.44. The van der Waals surface area contributed by atoms with Crippen molar-refractivity contribution in [3.63, 3.8) is 0 Å². The lowest BCUT2D eigenvalue weighted by Crippen LogP contribution is -2.62. The molecule has 34 heavy (non-hydrogen) atoms. The van der Waals surface area contributed by atoms with Crippen LogP contribution in [0.4, 0.5) is 20.2 Å². The lowest BCUT2D eigenvalue weighted by molar-refractivity contribution is -0.128. The van der Waals surface area contributed by atoms with Crippen molar-refractivity contribution in [2.24, 2.45) is 0 Å². The molecule has 174 valence electrons. The van der Waals surface area contributed by atoms with Crippen LogP contribution in [0, 0.1) is 11.6 Å². The number of halogens is 3. The molecule has 3 heterocycles. The minimum Gasteiger partial charge on any atom is -0.507 e. The Labute approximate surface area is 198 Å². The van der Waals surface area contributed by atoms with Gasteiger partial charge in [-0.15, -0.1) is 0 Å². The summed E-state index contributed by atoms with van der Waals surface area (Å²) in [6.45, 7) is 4.32. The fourth-order valence-corrected chi connectivity index (χ4v) is 5.00. The van der Waals surface area contributed by atoms with E-state index in [0.717, 1.165) is 6.07 Å². The van der Waals surface area contributed by atoms with Crippen LogP contribution in [0.15, 0.2) is 43.1 Å². The van der Waals surface area contributed by atoms with E-state index in [4.69, 9.17) is 11.6 Å². The molecule has 1 fully saturated rings. The molecular weight excluding hydrogens is 466 g/mol. The van der Waals surface area contributed by atoms with Gasteiger partial charge in [0.05, 0.1) is 34.7 Å². The number of nitrogens with zero attached hydrogens (tertiary/aromatic N) is 4. The van der Waals surface area contributed by atoms with Gasteiger partial charge >= 0.3 is 0 Å². The number of benzene rings is 2. The van der Waals surface area contributed by atoms with Crippen LogP contribution in [-0.4, -0.2) is 59.5 Å². The molecule has 0 aliphatic carbocycles. The lowest BCUT2D eigenvalue weighted by atomic mass is 9.97. The maximum Gasteiger partial charge on any atom is 0.251 e. The molecule has 2 amide bonds. The number of hydrogen-bond donors (Lipinski definition) is 1. The topological polar surface area (TPSA) is 77.0 Å². The molecule has 1 N–H and O–H groups in total. The molecule has 2 aliphatic rings. The molecule has 0 unspecified atom stereocenters. The standard InChI is InChI=1S/C24H19ClF2N4O3/c1-3-18(33)30-7-8-31-16(11-30)24(34)29(2)15-10-28-22-12(23(15)31)9-13(25)19(21(22)27)20-14(26)5-4-6-17(20)32/h3-6,9-10,16,32H,1,7-8,11H2,2H3/t16-/m1/s1. The Morgan fingerprint density at radius 2 is 2.06 bits per heavy atom. The molecule has 5 rings (SSSR count). The second-order valence-corrected chi connectivity index (χ2v) is 8.57. The van der Waals surface area contributed by atoms with E-state index in [0.29, 0.717) is 29.9 Å². The van der Waals surface area contributed by atoms with Crippen molar-refractivity contribution in [2.75, 3.05) is 36.5 Å². The van der Waals surface area contributed by atoms with Gasteiger partial charge in [-0.1, -0.05) is 24.2 Å². The highest BCUT2D eigenvalue weighted by Crippen LogP contribution is 2.46. The molecule has 7 nitrogen and oxygen atoms in total. The maximum absolute atomic E-state index is 15.8. The van der Waals surface area contributed by atoms with Gasteiger partial charge in [-0.25, -0.2) is 8.78 Å². The largest absolute Gasteiger partial charge is 0.507 e. The molecule has 0 spiro atoms. The quantitative estimate of drug-likeness (QED) is 0.561. The van der Waals surface area contributed by atoms with E-state index in [-0.39, 0.29) is 40.0 Å². The van der Waals surface area contributed by atoms with E-state index in [2.05, 4.69) is 11.6 Å². The van der Waals surface area contributed by atoms with Gasteiger partial charge in [-0.05, 0) is 24.3 Å². The summed E-state index contributed by atoms with van der Waals surface area (Å²) in [4.78, 5) is 34.2. The zero-order valence-corrected chi connectivity index (χ0v) is 18.8. The van der Waals surface area contributed by atoms with Crippen LogP contribution in [0.1, 0.15) is 0 Å². The van der Waals surface area contributed by atoms with Gasteiger partial charge < -0.3 is 19.8 Å². The Morgan fingerprint density at radius 3 is 2.76 bits per heavy atom. The first kappa shape index (κ1) is 22.1. The first-order valence-corrected chi connectivity index (χ1v) is 10.9. The Kier molecular flexibility index (Phi) is 5.16. The summed E-state index contributed by atoms with van der Waals surface area (Å²) in [5.74, 6) is -2.67. The molecule has 3 aromatic rings. The van der Waals surface area contributed by atoms with Crippen molar-refractivity contribution in [1.29, 1.82) is 0 Å². The average molecular weight is 485 g/mol. The second kappa shape index (κ2) is 7.95. The number of likely N-dealkylation sites (N-methyl/N-ethyl adjacent to an activating group) is 1. The molecule has 1 aromatic heterocycles. The smallest absolute Gasteiger partial charge is 0.251 e. The summed E-state index contributed by atoms with van der Waals surface area (Å²) in [5.41, 5.74) is 0.289. The third-order valence-corrected chi connectivity index (χ3v) is 6.68. The van der Waals surface area contributed by atoms with Crippen LogP contribution in [0.2, 0.25) is 5.02 Å². The number of carbonyl (C=O) groups is 2. The maximum atomic E-state index is 15.8. The molecule has 0 saturated carbocycles. The van der Waals surface area contributed by atoms with Gasteiger partial charge in [0.2, 0.25) is 5.91 Å². The van der Waals surface area contributed by atoms with Crippen LogP contribution >= 0.6 is 11.6 Å². The third kappa shape index (κ3) is 3.11. The average Bonchev–Trinajstić information content (AvgIpc) is 2.82. The van der Waals surface area contributed by atoms with Crippen LogP contribution in [0.5, 0.6) is 5.75 Å². The van der Waals surface area contributed by atoms with Crippen molar-refractivity contribution >= 4 is 45.7 Å². The number of aromatic nitrogens is 1. The molecular formula is C24H19ClF2N4O3. The highest BCUT2D eigenvalue weighted by atomic mass is 35.5. The predicted molar refractivity (Wildman–Crippen MR) is 125 cm³/mol. The number of aromatic hydroxyl groups is 1. The molecule has 1 saturated heterocycles. The summed E-state index contributed by atoms with van der Waals surface area (Å²) < 4.78 is 30.3. The van der Waals surface area contributed by atoms with E-state index in [1.54, 1.807) is 11.9 Å². The number of amides is 2. The van der Waals surface area contributed by atoms with E-state index in [1.165, 1.54) is 35.4 Å². The van der Waals surface area contributed by atoms with Crippen LogP contribution in [-0.2, 0) is 9.59 Å². The van der Waals surface area contributed by atoms with Crippen LogP contribution < -0.4 is 9.80 Å². The SMILES string of the molecule is C=CC(=O)N1CCN2c3c(cnc4c(F)c(-c5c(O)cccc5F)c(Cl)cc34)N(C)C(=O)[C@H]2C1. The van der Waals surface area contributed by atoms with Crippen molar-refractivity contribution < 1.29 is 23.5 Å². The number of hydrogen-bond acceptors (Lipinski definition) is 5. The Morgan fingerprint density at radius 1 is 1.29 bits per heavy atom. The van der Waals surface area contributed by atoms with E-state index in [1.807, 2.05) is 4.90 Å². The number of piperazine rings is 1. The number of pyridine rings is 1. The monoisotopic (exact) mass is 484 g/mol. The van der Waals surface area contributed by atoms with Gasteiger partial charge in [-0.3, -0.25) is 14.6 Å². The lowest BCUT2D eigenvalue weighted by Gasteiger charge is -2.47. The fourth-order valence-electron chi connectivity index (χ4n) is 4.71. The first-order valence-electron chi connectivity index (χ1n) is 10.5. The van der Waals surface area contributed by atoms with Crippen molar-refractivity contribution in [1.82, 2.24) is 9.88 Å². The first-order chi connectivity index (χ1) is 16.2. The predicted octanol–water partition coefficient (Wildman–Crippen LogP) is 3.72. The van der Waals surface area contributed by atoms with E-state index >= 15 is 4.39 Å². The fraction of sp³-hybridized carbons (Fsp3) is 0.208. The second-order valence-electron chi connectivity index (χ2n) is 8.16. The zero-order chi connectivity index (χ0) is 24.3. The number of phenolic OH excluding ortho intramolecular Hbond substituents is 1. The van der Waals surface area contributed by atoms with Crippen molar-refractivity contribution in [3.8, 4) is 16.9 Å². The normalized spacial score (nSPS) is 17.6. The van der Waals surface area contributed by atoms with Gasteiger partial charge in [0.25, 0.3) is 5.91 Å². The van der Waals surface area contributed by atoms with Crippen LogP contribution in [0.25, 0.3) is 22.0 Å². The zero-order valence-electron chi connectivity index (χ0n) is 18.1. The highest BCUT2D eigenvalue weighted by molar-refractivity contribution is 6.34. The molecule has 1 atom stereocenters. The molecule has 10 heteroatoms. The minimum absolute atomic E-state index is 0.0769.